The maximum atomic E-state index is 10.3. The van der Waals surface area contributed by atoms with Gasteiger partial charge < -0.3 is 10.1 Å². The second kappa shape index (κ2) is 4.67. The minimum absolute atomic E-state index is 0.0620. The second-order valence-corrected chi connectivity index (χ2v) is 5.40. The summed E-state index contributed by atoms with van der Waals surface area (Å²) in [6.07, 6.45) is 1.70. The third-order valence-corrected chi connectivity index (χ3v) is 3.89. The number of aromatic hydroxyl groups is 1. The number of imidazole rings is 1. The van der Waals surface area contributed by atoms with E-state index in [-0.39, 0.29) is 5.92 Å². The lowest BCUT2D eigenvalue weighted by Gasteiger charge is -2.14. The molecule has 1 aromatic heterocycles. The third kappa shape index (κ3) is 2.05. The van der Waals surface area contributed by atoms with Crippen molar-refractivity contribution in [3.8, 4) is 5.75 Å². The molecule has 20 heavy (non-hydrogen) atoms. The van der Waals surface area contributed by atoms with Crippen LogP contribution in [0.2, 0.25) is 0 Å². The van der Waals surface area contributed by atoms with Gasteiger partial charge in [-0.2, -0.15) is 0 Å². The van der Waals surface area contributed by atoms with Gasteiger partial charge in [-0.3, -0.25) is 0 Å². The Kier molecular flexibility index (Phi) is 2.97. The number of benzene rings is 2. The van der Waals surface area contributed by atoms with Crippen molar-refractivity contribution in [2.24, 2.45) is 0 Å². The van der Waals surface area contributed by atoms with Crippen LogP contribution in [-0.4, -0.2) is 15.1 Å². The Balaban J connectivity index is 2.14. The molecular formula is C17H18N2O. The highest BCUT2D eigenvalue weighted by atomic mass is 16.3. The normalized spacial score (nSPS) is 12.8. The van der Waals surface area contributed by atoms with E-state index in [9.17, 15) is 5.11 Å². The summed E-state index contributed by atoms with van der Waals surface area (Å²) in [5.74, 6) is 0.393. The van der Waals surface area contributed by atoms with Crippen molar-refractivity contribution in [2.45, 2.75) is 26.7 Å². The van der Waals surface area contributed by atoms with Gasteiger partial charge in [-0.1, -0.05) is 30.7 Å². The average Bonchev–Trinajstić information content (AvgIpc) is 2.83. The quantitative estimate of drug-likeness (QED) is 0.735. The van der Waals surface area contributed by atoms with Crippen LogP contribution in [0, 0.1) is 13.8 Å². The molecule has 3 nitrogen and oxygen atoms in total. The van der Waals surface area contributed by atoms with Crippen molar-refractivity contribution in [1.82, 2.24) is 9.97 Å². The molecule has 0 aliphatic rings. The first kappa shape index (κ1) is 12.7. The van der Waals surface area contributed by atoms with E-state index in [4.69, 9.17) is 0 Å². The Hall–Kier alpha value is -2.29. The van der Waals surface area contributed by atoms with Crippen LogP contribution in [0.15, 0.2) is 36.7 Å². The maximum absolute atomic E-state index is 10.3. The highest BCUT2D eigenvalue weighted by molar-refractivity contribution is 5.85. The molecule has 0 saturated heterocycles. The first-order chi connectivity index (χ1) is 9.56. The van der Waals surface area contributed by atoms with Crippen LogP contribution in [0.5, 0.6) is 5.75 Å². The van der Waals surface area contributed by atoms with Gasteiger partial charge in [0.1, 0.15) is 5.75 Å². The summed E-state index contributed by atoms with van der Waals surface area (Å²) < 4.78 is 0. The largest absolute Gasteiger partial charge is 0.508 e. The summed E-state index contributed by atoms with van der Waals surface area (Å²) in [6.45, 7) is 6.12. The SMILES string of the molecule is Cc1ccc2cc([C@H](C)c3nc[nH]c3C)c(O)cc2c1. The van der Waals surface area contributed by atoms with E-state index in [0.717, 1.165) is 27.7 Å². The number of hydrogen-bond donors (Lipinski definition) is 2. The lowest BCUT2D eigenvalue weighted by molar-refractivity contribution is 0.466. The van der Waals surface area contributed by atoms with Crippen LogP contribution in [0.1, 0.15) is 35.4 Å². The minimum Gasteiger partial charge on any atom is -0.508 e. The number of aryl methyl sites for hydroxylation is 2. The van der Waals surface area contributed by atoms with Gasteiger partial charge in [0.25, 0.3) is 0 Å². The van der Waals surface area contributed by atoms with Crippen molar-refractivity contribution < 1.29 is 5.11 Å². The average molecular weight is 266 g/mol. The lowest BCUT2D eigenvalue weighted by Crippen LogP contribution is -1.99. The predicted octanol–water partition coefficient (Wildman–Crippen LogP) is 4.04. The van der Waals surface area contributed by atoms with Gasteiger partial charge in [-0.05, 0) is 36.8 Å². The van der Waals surface area contributed by atoms with E-state index in [1.807, 2.05) is 13.0 Å². The van der Waals surface area contributed by atoms with Crippen molar-refractivity contribution in [3.63, 3.8) is 0 Å². The molecule has 2 N–H and O–H groups in total. The Morgan fingerprint density at radius 3 is 2.60 bits per heavy atom. The summed E-state index contributed by atoms with van der Waals surface area (Å²) >= 11 is 0. The summed E-state index contributed by atoms with van der Waals surface area (Å²) in [5, 5.41) is 12.5. The van der Waals surface area contributed by atoms with E-state index >= 15 is 0 Å². The van der Waals surface area contributed by atoms with E-state index in [1.54, 1.807) is 6.33 Å². The summed E-state index contributed by atoms with van der Waals surface area (Å²) in [4.78, 5) is 7.45. The first-order valence-electron chi connectivity index (χ1n) is 6.79. The molecule has 0 aliphatic heterocycles. The van der Waals surface area contributed by atoms with Crippen LogP contribution in [0.3, 0.4) is 0 Å². The van der Waals surface area contributed by atoms with Crippen LogP contribution in [-0.2, 0) is 0 Å². The first-order valence-corrected chi connectivity index (χ1v) is 6.79. The standard InChI is InChI=1S/C17H18N2O/c1-10-4-5-13-7-15(16(20)8-14(13)6-10)11(2)17-12(3)18-9-19-17/h4-9,11,20H,1-3H3,(H,18,19)/t11-/m0/s1. The molecule has 0 radical (unpaired) electrons. The highest BCUT2D eigenvalue weighted by Gasteiger charge is 2.17. The zero-order valence-electron chi connectivity index (χ0n) is 11.9. The molecule has 0 spiro atoms. The Morgan fingerprint density at radius 2 is 1.90 bits per heavy atom. The van der Waals surface area contributed by atoms with E-state index in [1.165, 1.54) is 5.56 Å². The number of phenolic OH excluding ortho intramolecular Hbond substituents is 1. The number of nitrogens with one attached hydrogen (secondary N) is 1. The van der Waals surface area contributed by atoms with Crippen molar-refractivity contribution >= 4 is 10.8 Å². The van der Waals surface area contributed by atoms with Crippen LogP contribution >= 0.6 is 0 Å². The molecule has 0 fully saturated rings. The number of hydrogen-bond acceptors (Lipinski definition) is 2. The number of rotatable bonds is 2. The molecule has 0 saturated carbocycles. The Labute approximate surface area is 118 Å². The van der Waals surface area contributed by atoms with Gasteiger partial charge >= 0.3 is 0 Å². The summed E-state index contributed by atoms with van der Waals surface area (Å²) in [5.41, 5.74) is 4.13. The molecule has 0 amide bonds. The molecule has 3 aromatic rings. The molecule has 0 bridgehead atoms. The van der Waals surface area contributed by atoms with Crippen LogP contribution < -0.4 is 0 Å². The number of H-pyrrole nitrogens is 1. The number of nitrogens with zero attached hydrogens (tertiary/aromatic N) is 1. The molecule has 102 valence electrons. The lowest BCUT2D eigenvalue weighted by atomic mass is 9.93. The van der Waals surface area contributed by atoms with Crippen molar-refractivity contribution in [3.05, 3.63) is 59.2 Å². The molecule has 1 heterocycles. The maximum Gasteiger partial charge on any atom is 0.120 e. The Morgan fingerprint density at radius 1 is 1.10 bits per heavy atom. The summed E-state index contributed by atoms with van der Waals surface area (Å²) in [6, 6.07) is 10.2. The van der Waals surface area contributed by atoms with Gasteiger partial charge in [0.05, 0.1) is 12.0 Å². The van der Waals surface area contributed by atoms with Gasteiger partial charge in [-0.25, -0.2) is 4.98 Å². The fourth-order valence-electron chi connectivity index (χ4n) is 2.72. The fraction of sp³-hybridized carbons (Fsp3) is 0.235. The molecular weight excluding hydrogens is 248 g/mol. The van der Waals surface area contributed by atoms with Crippen LogP contribution in [0.25, 0.3) is 10.8 Å². The molecule has 1 atom stereocenters. The highest BCUT2D eigenvalue weighted by Crippen LogP contribution is 2.34. The summed E-state index contributed by atoms with van der Waals surface area (Å²) in [7, 11) is 0. The molecule has 2 aromatic carbocycles. The molecule has 3 heteroatoms. The monoisotopic (exact) mass is 266 g/mol. The third-order valence-electron chi connectivity index (χ3n) is 3.89. The van der Waals surface area contributed by atoms with Gasteiger partial charge in [0.2, 0.25) is 0 Å². The van der Waals surface area contributed by atoms with Crippen molar-refractivity contribution in [1.29, 1.82) is 0 Å². The predicted molar refractivity (Wildman–Crippen MR) is 81.2 cm³/mol. The zero-order valence-corrected chi connectivity index (χ0v) is 11.9. The number of aromatic nitrogens is 2. The molecule has 0 unspecified atom stereocenters. The fourth-order valence-corrected chi connectivity index (χ4v) is 2.72. The molecule has 0 aliphatic carbocycles. The smallest absolute Gasteiger partial charge is 0.120 e. The minimum atomic E-state index is 0.0620. The van der Waals surface area contributed by atoms with Crippen molar-refractivity contribution in [2.75, 3.05) is 0 Å². The van der Waals surface area contributed by atoms with E-state index < -0.39 is 0 Å². The van der Waals surface area contributed by atoms with Gasteiger partial charge in [0, 0.05) is 17.2 Å². The van der Waals surface area contributed by atoms with E-state index in [0.29, 0.717) is 5.75 Å². The molecule has 3 rings (SSSR count). The van der Waals surface area contributed by atoms with Crippen LogP contribution in [0.4, 0.5) is 0 Å². The number of aromatic amines is 1. The number of phenols is 1. The second-order valence-electron chi connectivity index (χ2n) is 5.40. The van der Waals surface area contributed by atoms with E-state index in [2.05, 4.69) is 48.1 Å². The Bertz CT molecular complexity index is 774. The zero-order chi connectivity index (χ0) is 14.3. The topological polar surface area (TPSA) is 48.9 Å². The number of fused-ring (bicyclic) bond motifs is 1. The van der Waals surface area contributed by atoms with Gasteiger partial charge in [0.15, 0.2) is 0 Å². The van der Waals surface area contributed by atoms with Gasteiger partial charge in [-0.15, -0.1) is 0 Å².